The summed E-state index contributed by atoms with van der Waals surface area (Å²) in [5, 5.41) is 0. The third kappa shape index (κ3) is 3.94. The highest BCUT2D eigenvalue weighted by molar-refractivity contribution is 5.96. The third-order valence-corrected chi connectivity index (χ3v) is 5.32. The summed E-state index contributed by atoms with van der Waals surface area (Å²) in [6.45, 7) is 7.46. The van der Waals surface area contributed by atoms with Crippen molar-refractivity contribution in [1.29, 1.82) is 0 Å². The van der Waals surface area contributed by atoms with E-state index in [0.29, 0.717) is 5.92 Å². The second kappa shape index (κ2) is 8.23. The number of amides is 1. The van der Waals surface area contributed by atoms with Crippen LogP contribution in [0.25, 0.3) is 5.69 Å². The first-order valence-corrected chi connectivity index (χ1v) is 8.88. The van der Waals surface area contributed by atoms with Crippen LogP contribution in [0.5, 0.6) is 0 Å². The molecule has 2 N–H and O–H groups in total. The standard InChI is InChI=1S/C20H26FN3O.ClH/c1-13-12-19(15(3)24(13)18-6-4-17(21)5-7-18)20(25)23-10-8-16(9-11-23)14(2)22;/h4-7,12,14,16H,8-11,22H2,1-3H3;1H. The molecule has 1 saturated heterocycles. The number of aromatic nitrogens is 1. The van der Waals surface area contributed by atoms with Gasteiger partial charge in [0.05, 0.1) is 5.56 Å². The average Bonchev–Trinajstić information content (AvgIpc) is 2.90. The van der Waals surface area contributed by atoms with Crippen LogP contribution in [0.15, 0.2) is 30.3 Å². The molecule has 4 nitrogen and oxygen atoms in total. The topological polar surface area (TPSA) is 51.3 Å². The quantitative estimate of drug-likeness (QED) is 0.880. The first kappa shape index (κ1) is 20.5. The van der Waals surface area contributed by atoms with Gasteiger partial charge in [0.2, 0.25) is 0 Å². The molecule has 26 heavy (non-hydrogen) atoms. The van der Waals surface area contributed by atoms with Crippen molar-refractivity contribution in [2.24, 2.45) is 11.7 Å². The van der Waals surface area contributed by atoms with E-state index in [4.69, 9.17) is 5.73 Å². The van der Waals surface area contributed by atoms with Gasteiger partial charge in [0.15, 0.2) is 0 Å². The fourth-order valence-electron chi connectivity index (χ4n) is 3.77. The lowest BCUT2D eigenvalue weighted by molar-refractivity contribution is 0.0680. The molecule has 3 rings (SSSR count). The Hall–Kier alpha value is -1.85. The number of likely N-dealkylation sites (tertiary alicyclic amines) is 1. The predicted octanol–water partition coefficient (Wildman–Crippen LogP) is 3.85. The maximum Gasteiger partial charge on any atom is 0.255 e. The van der Waals surface area contributed by atoms with Crippen LogP contribution in [0.3, 0.4) is 0 Å². The molecule has 142 valence electrons. The molecule has 0 radical (unpaired) electrons. The Kier molecular flexibility index (Phi) is 6.48. The van der Waals surface area contributed by atoms with Crippen molar-refractivity contribution >= 4 is 18.3 Å². The van der Waals surface area contributed by atoms with E-state index in [2.05, 4.69) is 0 Å². The SMILES string of the molecule is Cc1cc(C(=O)N2CCC(C(C)N)CC2)c(C)n1-c1ccc(F)cc1.Cl. The zero-order valence-corrected chi connectivity index (χ0v) is 16.4. The largest absolute Gasteiger partial charge is 0.339 e. The van der Waals surface area contributed by atoms with Crippen molar-refractivity contribution in [2.45, 2.75) is 39.7 Å². The first-order chi connectivity index (χ1) is 11.9. The molecule has 1 amide bonds. The van der Waals surface area contributed by atoms with Gasteiger partial charge in [-0.05, 0) is 69.9 Å². The van der Waals surface area contributed by atoms with E-state index in [1.807, 2.05) is 36.3 Å². The van der Waals surface area contributed by atoms with E-state index in [1.54, 1.807) is 12.1 Å². The summed E-state index contributed by atoms with van der Waals surface area (Å²) in [6.07, 6.45) is 1.92. The average molecular weight is 380 g/mol. The van der Waals surface area contributed by atoms with Crippen LogP contribution in [-0.4, -0.2) is 34.5 Å². The van der Waals surface area contributed by atoms with Gasteiger partial charge in [0, 0.05) is 36.2 Å². The molecule has 0 spiro atoms. The zero-order chi connectivity index (χ0) is 18.1. The van der Waals surface area contributed by atoms with Gasteiger partial charge in [0.1, 0.15) is 5.82 Å². The number of piperidine rings is 1. The van der Waals surface area contributed by atoms with Gasteiger partial charge in [0.25, 0.3) is 5.91 Å². The molecular weight excluding hydrogens is 353 g/mol. The normalized spacial score (nSPS) is 16.3. The van der Waals surface area contributed by atoms with Crippen molar-refractivity contribution < 1.29 is 9.18 Å². The minimum atomic E-state index is -0.264. The third-order valence-electron chi connectivity index (χ3n) is 5.32. The number of benzene rings is 1. The van der Waals surface area contributed by atoms with E-state index < -0.39 is 0 Å². The van der Waals surface area contributed by atoms with Crippen LogP contribution in [0.2, 0.25) is 0 Å². The maximum absolute atomic E-state index is 13.2. The second-order valence-corrected chi connectivity index (χ2v) is 7.09. The molecule has 6 heteroatoms. The van der Waals surface area contributed by atoms with E-state index in [9.17, 15) is 9.18 Å². The van der Waals surface area contributed by atoms with Crippen LogP contribution in [0.4, 0.5) is 4.39 Å². The van der Waals surface area contributed by atoms with Gasteiger partial charge in [-0.2, -0.15) is 0 Å². The number of rotatable bonds is 3. The molecule has 2 aromatic rings. The highest BCUT2D eigenvalue weighted by Crippen LogP contribution is 2.25. The molecular formula is C20H27ClFN3O. The Morgan fingerprint density at radius 2 is 1.77 bits per heavy atom. The van der Waals surface area contributed by atoms with Gasteiger partial charge in [-0.15, -0.1) is 12.4 Å². The van der Waals surface area contributed by atoms with Crippen LogP contribution in [0, 0.1) is 25.6 Å². The Morgan fingerprint density at radius 1 is 1.19 bits per heavy atom. The van der Waals surface area contributed by atoms with E-state index in [0.717, 1.165) is 48.6 Å². The Morgan fingerprint density at radius 3 is 2.31 bits per heavy atom. The summed E-state index contributed by atoms with van der Waals surface area (Å²) in [5.41, 5.74) is 9.44. The van der Waals surface area contributed by atoms with Gasteiger partial charge in [-0.25, -0.2) is 4.39 Å². The molecule has 1 unspecified atom stereocenters. The molecule has 1 fully saturated rings. The number of nitrogens with zero attached hydrogens (tertiary/aromatic N) is 2. The summed E-state index contributed by atoms with van der Waals surface area (Å²) in [4.78, 5) is 14.9. The molecule has 0 saturated carbocycles. The number of hydrogen-bond donors (Lipinski definition) is 1. The van der Waals surface area contributed by atoms with Crippen LogP contribution in [-0.2, 0) is 0 Å². The van der Waals surface area contributed by atoms with Gasteiger partial charge in [-0.1, -0.05) is 0 Å². The molecule has 1 aromatic carbocycles. The van der Waals surface area contributed by atoms with Gasteiger partial charge < -0.3 is 15.2 Å². The van der Waals surface area contributed by atoms with E-state index >= 15 is 0 Å². The second-order valence-electron chi connectivity index (χ2n) is 7.09. The molecule has 2 heterocycles. The molecule has 1 aliphatic heterocycles. The highest BCUT2D eigenvalue weighted by Gasteiger charge is 2.27. The molecule has 1 aliphatic rings. The molecule has 0 bridgehead atoms. The van der Waals surface area contributed by atoms with Crippen molar-refractivity contribution in [3.05, 3.63) is 53.1 Å². The number of carbonyl (C=O) groups is 1. The van der Waals surface area contributed by atoms with Gasteiger partial charge >= 0.3 is 0 Å². The number of carbonyl (C=O) groups excluding carboxylic acids is 1. The lowest BCUT2D eigenvalue weighted by atomic mass is 9.90. The van der Waals surface area contributed by atoms with Crippen molar-refractivity contribution in [3.8, 4) is 5.69 Å². The summed E-state index contributed by atoms with van der Waals surface area (Å²) >= 11 is 0. The maximum atomic E-state index is 13.2. The molecule has 0 aliphatic carbocycles. The number of aryl methyl sites for hydroxylation is 1. The van der Waals surface area contributed by atoms with Crippen molar-refractivity contribution in [3.63, 3.8) is 0 Å². The zero-order valence-electron chi connectivity index (χ0n) is 15.5. The minimum Gasteiger partial charge on any atom is -0.339 e. The minimum absolute atomic E-state index is 0. The fraction of sp³-hybridized carbons (Fsp3) is 0.450. The highest BCUT2D eigenvalue weighted by atomic mass is 35.5. The number of hydrogen-bond acceptors (Lipinski definition) is 2. The Balaban J connectivity index is 0.00000243. The summed E-state index contributed by atoms with van der Waals surface area (Å²) in [6, 6.07) is 8.46. The monoisotopic (exact) mass is 379 g/mol. The molecule has 1 atom stereocenters. The number of halogens is 2. The fourth-order valence-corrected chi connectivity index (χ4v) is 3.77. The van der Waals surface area contributed by atoms with Crippen molar-refractivity contribution in [2.75, 3.05) is 13.1 Å². The smallest absolute Gasteiger partial charge is 0.255 e. The lowest BCUT2D eigenvalue weighted by Crippen LogP contribution is -2.42. The summed E-state index contributed by atoms with van der Waals surface area (Å²) in [5.74, 6) is 0.305. The Labute approximate surface area is 160 Å². The molecule has 1 aromatic heterocycles. The van der Waals surface area contributed by atoms with Crippen molar-refractivity contribution in [1.82, 2.24) is 9.47 Å². The van der Waals surface area contributed by atoms with Gasteiger partial charge in [-0.3, -0.25) is 4.79 Å². The summed E-state index contributed by atoms with van der Waals surface area (Å²) < 4.78 is 15.2. The first-order valence-electron chi connectivity index (χ1n) is 8.88. The van der Waals surface area contributed by atoms with Crippen LogP contribution < -0.4 is 5.73 Å². The van der Waals surface area contributed by atoms with E-state index in [1.165, 1.54) is 12.1 Å². The number of nitrogens with two attached hydrogens (primary N) is 1. The van der Waals surface area contributed by atoms with Crippen LogP contribution in [0.1, 0.15) is 41.5 Å². The van der Waals surface area contributed by atoms with E-state index in [-0.39, 0.29) is 30.2 Å². The Bertz CT molecular complexity index is 762. The summed E-state index contributed by atoms with van der Waals surface area (Å²) in [7, 11) is 0. The predicted molar refractivity (Wildman–Crippen MR) is 105 cm³/mol. The lowest BCUT2D eigenvalue weighted by Gasteiger charge is -2.33. The van der Waals surface area contributed by atoms with Crippen LogP contribution >= 0.6 is 12.4 Å².